The van der Waals surface area contributed by atoms with Crippen molar-refractivity contribution in [3.8, 4) is 5.75 Å². The van der Waals surface area contributed by atoms with Crippen molar-refractivity contribution in [1.82, 2.24) is 0 Å². The first-order chi connectivity index (χ1) is 9.80. The van der Waals surface area contributed by atoms with Gasteiger partial charge >= 0.3 is 6.09 Å². The molecule has 1 aromatic carbocycles. The van der Waals surface area contributed by atoms with Crippen LogP contribution in [0.2, 0.25) is 0 Å². The molecule has 118 valence electrons. The van der Waals surface area contributed by atoms with Crippen LogP contribution in [0.3, 0.4) is 0 Å². The summed E-state index contributed by atoms with van der Waals surface area (Å²) in [6.45, 7) is 5.66. The van der Waals surface area contributed by atoms with Gasteiger partial charge in [0.1, 0.15) is 11.4 Å². The second-order valence-corrected chi connectivity index (χ2v) is 5.70. The van der Waals surface area contributed by atoms with Crippen molar-refractivity contribution in [2.24, 2.45) is 5.73 Å². The monoisotopic (exact) mass is 296 g/mol. The molecule has 1 unspecified atom stereocenters. The maximum Gasteiger partial charge on any atom is 0.412 e. The Morgan fingerprint density at radius 3 is 2.57 bits per heavy atom. The summed E-state index contributed by atoms with van der Waals surface area (Å²) in [7, 11) is 1.51. The molecule has 0 aliphatic heterocycles. The lowest BCUT2D eigenvalue weighted by molar-refractivity contribution is 0.0635. The molecule has 0 aromatic heterocycles. The Hall–Kier alpha value is -1.79. The van der Waals surface area contributed by atoms with Gasteiger partial charge in [-0.15, -0.1) is 0 Å². The smallest absolute Gasteiger partial charge is 0.412 e. The van der Waals surface area contributed by atoms with E-state index in [2.05, 4.69) is 5.32 Å². The first kappa shape index (κ1) is 17.3. The number of nitrogens with two attached hydrogens (primary N) is 1. The third kappa shape index (κ3) is 5.24. The summed E-state index contributed by atoms with van der Waals surface area (Å²) in [6, 6.07) is 5.25. The summed E-state index contributed by atoms with van der Waals surface area (Å²) in [5.41, 5.74) is 6.39. The lowest BCUT2D eigenvalue weighted by atomic mass is 9.99. The first-order valence-corrected chi connectivity index (χ1v) is 6.79. The molecule has 6 heteroatoms. The standard InChI is InChI=1S/C15H24N2O4/c1-15(2,3)21-14(19)17-12-6-5-10(7-13(12)20-4)11(8-16)9-18/h5-7,11,18H,8-9,16H2,1-4H3,(H,17,19). The van der Waals surface area contributed by atoms with Gasteiger partial charge in [0, 0.05) is 12.5 Å². The van der Waals surface area contributed by atoms with Crippen LogP contribution in [0.15, 0.2) is 18.2 Å². The van der Waals surface area contributed by atoms with E-state index in [0.717, 1.165) is 5.56 Å². The average molecular weight is 296 g/mol. The first-order valence-electron chi connectivity index (χ1n) is 6.79. The van der Waals surface area contributed by atoms with Gasteiger partial charge in [0.25, 0.3) is 0 Å². The number of benzene rings is 1. The highest BCUT2D eigenvalue weighted by atomic mass is 16.6. The number of carbonyl (C=O) groups excluding carboxylic acids is 1. The van der Waals surface area contributed by atoms with Crippen molar-refractivity contribution >= 4 is 11.8 Å². The van der Waals surface area contributed by atoms with Crippen LogP contribution in [0.5, 0.6) is 5.75 Å². The third-order valence-electron chi connectivity index (χ3n) is 2.84. The van der Waals surface area contributed by atoms with Crippen LogP contribution in [0.1, 0.15) is 32.3 Å². The van der Waals surface area contributed by atoms with E-state index in [9.17, 15) is 9.90 Å². The molecule has 0 bridgehead atoms. The largest absolute Gasteiger partial charge is 0.495 e. The number of methoxy groups -OCH3 is 1. The number of carbonyl (C=O) groups is 1. The molecule has 0 spiro atoms. The molecule has 21 heavy (non-hydrogen) atoms. The minimum atomic E-state index is -0.571. The lowest BCUT2D eigenvalue weighted by Gasteiger charge is -2.21. The molecule has 1 amide bonds. The summed E-state index contributed by atoms with van der Waals surface area (Å²) in [5, 5.41) is 11.9. The number of ether oxygens (including phenoxy) is 2. The second-order valence-electron chi connectivity index (χ2n) is 5.70. The highest BCUT2D eigenvalue weighted by molar-refractivity contribution is 5.87. The molecule has 4 N–H and O–H groups in total. The molecule has 1 atom stereocenters. The van der Waals surface area contributed by atoms with Gasteiger partial charge in [-0.25, -0.2) is 4.79 Å². The predicted molar refractivity (Wildman–Crippen MR) is 81.7 cm³/mol. The van der Waals surface area contributed by atoms with Crippen molar-refractivity contribution in [2.45, 2.75) is 32.3 Å². The number of aliphatic hydroxyl groups excluding tert-OH is 1. The van der Waals surface area contributed by atoms with Crippen LogP contribution >= 0.6 is 0 Å². The van der Waals surface area contributed by atoms with Gasteiger partial charge in [-0.3, -0.25) is 5.32 Å². The number of nitrogens with one attached hydrogen (secondary N) is 1. The molecule has 0 radical (unpaired) electrons. The molecule has 0 heterocycles. The second kappa shape index (κ2) is 7.28. The van der Waals surface area contributed by atoms with Crippen molar-refractivity contribution in [1.29, 1.82) is 0 Å². The number of hydrogen-bond acceptors (Lipinski definition) is 5. The van der Waals surface area contributed by atoms with Crippen LogP contribution < -0.4 is 15.8 Å². The number of hydrogen-bond donors (Lipinski definition) is 3. The van der Waals surface area contributed by atoms with Crippen LogP contribution in [-0.2, 0) is 4.74 Å². The Balaban J connectivity index is 2.91. The van der Waals surface area contributed by atoms with Gasteiger partial charge in [0.05, 0.1) is 19.4 Å². The third-order valence-corrected chi connectivity index (χ3v) is 2.84. The van der Waals surface area contributed by atoms with Crippen molar-refractivity contribution < 1.29 is 19.4 Å². The van der Waals surface area contributed by atoms with Crippen LogP contribution in [-0.4, -0.2) is 37.1 Å². The van der Waals surface area contributed by atoms with E-state index in [4.69, 9.17) is 15.2 Å². The zero-order chi connectivity index (χ0) is 16.0. The summed E-state index contributed by atoms with van der Waals surface area (Å²) >= 11 is 0. The Morgan fingerprint density at radius 2 is 2.10 bits per heavy atom. The van der Waals surface area contributed by atoms with Crippen LogP contribution in [0.4, 0.5) is 10.5 Å². The summed E-state index contributed by atoms with van der Waals surface area (Å²) in [6.07, 6.45) is -0.550. The molecule has 6 nitrogen and oxygen atoms in total. The van der Waals surface area contributed by atoms with Crippen molar-refractivity contribution in [2.75, 3.05) is 25.6 Å². The van der Waals surface area contributed by atoms with Crippen LogP contribution in [0, 0.1) is 0 Å². The van der Waals surface area contributed by atoms with Crippen LogP contribution in [0.25, 0.3) is 0 Å². The van der Waals surface area contributed by atoms with Gasteiger partial charge in [-0.2, -0.15) is 0 Å². The summed E-state index contributed by atoms with van der Waals surface area (Å²) in [5.74, 6) is 0.333. The molecular formula is C15H24N2O4. The van der Waals surface area contributed by atoms with Gasteiger partial charge in [0.2, 0.25) is 0 Å². The molecule has 0 saturated heterocycles. The number of aliphatic hydroxyl groups is 1. The Labute approximate surface area is 125 Å². The fourth-order valence-electron chi connectivity index (χ4n) is 1.79. The number of anilines is 1. The van der Waals surface area contributed by atoms with E-state index in [-0.39, 0.29) is 12.5 Å². The Kier molecular flexibility index (Phi) is 5.99. The maximum atomic E-state index is 11.8. The van der Waals surface area contributed by atoms with Crippen molar-refractivity contribution in [3.63, 3.8) is 0 Å². The van der Waals surface area contributed by atoms with E-state index in [1.807, 2.05) is 0 Å². The molecule has 0 aliphatic rings. The lowest BCUT2D eigenvalue weighted by Crippen LogP contribution is -2.27. The average Bonchev–Trinajstić information content (AvgIpc) is 2.39. The van der Waals surface area contributed by atoms with Crippen molar-refractivity contribution in [3.05, 3.63) is 23.8 Å². The molecule has 0 saturated carbocycles. The van der Waals surface area contributed by atoms with Gasteiger partial charge in [-0.05, 0) is 38.5 Å². The predicted octanol–water partition coefficient (Wildman–Crippen LogP) is 2.08. The maximum absolute atomic E-state index is 11.8. The molecular weight excluding hydrogens is 272 g/mol. The summed E-state index contributed by atoms with van der Waals surface area (Å²) < 4.78 is 10.5. The molecule has 1 aromatic rings. The minimum Gasteiger partial charge on any atom is -0.495 e. The Morgan fingerprint density at radius 1 is 1.43 bits per heavy atom. The topological polar surface area (TPSA) is 93.8 Å². The number of amides is 1. The fourth-order valence-corrected chi connectivity index (χ4v) is 1.79. The van der Waals surface area contributed by atoms with Gasteiger partial charge in [-0.1, -0.05) is 6.07 Å². The van der Waals surface area contributed by atoms with E-state index in [0.29, 0.717) is 18.0 Å². The Bertz CT molecular complexity index is 479. The highest BCUT2D eigenvalue weighted by Crippen LogP contribution is 2.29. The quantitative estimate of drug-likeness (QED) is 0.773. The molecule has 1 rings (SSSR count). The van der Waals surface area contributed by atoms with E-state index < -0.39 is 11.7 Å². The number of rotatable bonds is 5. The van der Waals surface area contributed by atoms with Gasteiger partial charge < -0.3 is 20.3 Å². The van der Waals surface area contributed by atoms with E-state index >= 15 is 0 Å². The molecule has 0 aliphatic carbocycles. The zero-order valence-electron chi connectivity index (χ0n) is 13.0. The highest BCUT2D eigenvalue weighted by Gasteiger charge is 2.18. The normalized spacial score (nSPS) is 12.7. The summed E-state index contributed by atoms with van der Waals surface area (Å²) in [4.78, 5) is 11.8. The van der Waals surface area contributed by atoms with E-state index in [1.54, 1.807) is 39.0 Å². The van der Waals surface area contributed by atoms with Gasteiger partial charge in [0.15, 0.2) is 0 Å². The fraction of sp³-hybridized carbons (Fsp3) is 0.533. The minimum absolute atomic E-state index is 0.0432. The SMILES string of the molecule is COc1cc(C(CN)CO)ccc1NC(=O)OC(C)(C)C. The van der Waals surface area contributed by atoms with E-state index in [1.165, 1.54) is 7.11 Å². The zero-order valence-corrected chi connectivity index (χ0v) is 13.0. The molecule has 0 fully saturated rings.